The largest absolute Gasteiger partial charge is 0.755 e. The Balaban J connectivity index is 1.69. The fraction of sp³-hybridized carbons (Fsp3) is 0.125. The minimum atomic E-state index is -2.88. The topological polar surface area (TPSA) is 98.2 Å². The van der Waals surface area contributed by atoms with Crippen LogP contribution in [0.2, 0.25) is 5.02 Å². The Bertz CT molecular complexity index is 1420. The fourth-order valence-corrected chi connectivity index (χ4v) is 4.97. The van der Waals surface area contributed by atoms with E-state index < -0.39 is 34.8 Å². The number of amides is 1. The summed E-state index contributed by atoms with van der Waals surface area (Å²) in [4.78, 5) is 13.2. The van der Waals surface area contributed by atoms with E-state index in [4.69, 9.17) is 11.6 Å². The fourth-order valence-electron chi connectivity index (χ4n) is 3.59. The first-order chi connectivity index (χ1) is 17.2. The summed E-state index contributed by atoms with van der Waals surface area (Å²) >= 11 is 4.09. The molecule has 36 heavy (non-hydrogen) atoms. The van der Waals surface area contributed by atoms with Crippen molar-refractivity contribution in [3.63, 3.8) is 0 Å². The molecule has 1 amide bonds. The van der Waals surface area contributed by atoms with Gasteiger partial charge in [0, 0.05) is 23.1 Å². The van der Waals surface area contributed by atoms with Crippen LogP contribution in [0.4, 0.5) is 20.3 Å². The lowest BCUT2D eigenvalue weighted by Crippen LogP contribution is -2.30. The zero-order valence-electron chi connectivity index (χ0n) is 18.7. The molecule has 0 aliphatic carbocycles. The van der Waals surface area contributed by atoms with Gasteiger partial charge in [-0.25, -0.2) is 8.78 Å². The van der Waals surface area contributed by atoms with Crippen molar-refractivity contribution in [2.75, 3.05) is 4.31 Å². The average Bonchev–Trinajstić information content (AvgIpc) is 3.27. The lowest BCUT2D eigenvalue weighted by Gasteiger charge is -2.27. The average molecular weight is 548 g/mol. The number of carbonyl (C=O) groups excluding carboxylic acids is 1. The summed E-state index contributed by atoms with van der Waals surface area (Å²) in [5.74, 6) is -2.24. The van der Waals surface area contributed by atoms with E-state index in [9.17, 15) is 22.3 Å². The van der Waals surface area contributed by atoms with Gasteiger partial charge in [-0.05, 0) is 36.8 Å². The summed E-state index contributed by atoms with van der Waals surface area (Å²) in [6, 6.07) is 15.6. The summed E-state index contributed by atoms with van der Waals surface area (Å²) in [7, 11) is 0. The molecule has 2 atom stereocenters. The smallest absolute Gasteiger partial charge is 0.253 e. The Hall–Kier alpha value is -3.25. The predicted molar refractivity (Wildman–Crippen MR) is 134 cm³/mol. The first kappa shape index (κ1) is 25.8. The molecule has 7 nitrogen and oxygen atoms in total. The number of hydrogen-bond donors (Lipinski definition) is 1. The molecule has 3 aromatic carbocycles. The second-order valence-corrected chi connectivity index (χ2v) is 9.50. The molecule has 0 saturated carbocycles. The van der Waals surface area contributed by atoms with Gasteiger partial charge >= 0.3 is 0 Å². The molecular formula is C24H18ClF2N4O3S2-. The molecule has 0 radical (unpaired) electrons. The van der Waals surface area contributed by atoms with Crippen LogP contribution in [-0.4, -0.2) is 23.4 Å². The van der Waals surface area contributed by atoms with Crippen LogP contribution in [0.3, 0.4) is 0 Å². The van der Waals surface area contributed by atoms with Crippen molar-refractivity contribution in [3.05, 3.63) is 106 Å². The number of rotatable bonds is 8. The van der Waals surface area contributed by atoms with E-state index in [2.05, 4.69) is 14.1 Å². The minimum absolute atomic E-state index is 0.0148. The standard InChI is InChI=1S/C24H19ClF2N4O3S2/c1-14(18-9-8-17(26)13-20(18)27)28-24(32)19-12-16(25)7-10-22(19)31(36(33)34)23-21(29-35-30-23)11-15-5-3-2-4-6-15/h2-10,12-14H,11H2,1H3,(H,28,32)(H,33,34)/p-1. The van der Waals surface area contributed by atoms with Crippen molar-refractivity contribution in [2.24, 2.45) is 0 Å². The molecule has 0 aliphatic rings. The molecule has 0 spiro atoms. The second kappa shape index (κ2) is 11.2. The molecule has 4 rings (SSSR count). The number of nitrogens with zero attached hydrogens (tertiary/aromatic N) is 3. The summed E-state index contributed by atoms with van der Waals surface area (Å²) < 4.78 is 61.6. The lowest BCUT2D eigenvalue weighted by molar-refractivity contribution is 0.0940. The molecule has 4 aromatic rings. The highest BCUT2D eigenvalue weighted by Gasteiger charge is 2.25. The van der Waals surface area contributed by atoms with Crippen LogP contribution >= 0.6 is 23.3 Å². The summed E-state index contributed by atoms with van der Waals surface area (Å²) in [5.41, 5.74) is 1.26. The van der Waals surface area contributed by atoms with Crippen LogP contribution in [0.5, 0.6) is 0 Å². The Morgan fingerprint density at radius 2 is 1.89 bits per heavy atom. The van der Waals surface area contributed by atoms with Crippen molar-refractivity contribution >= 4 is 52.0 Å². The molecule has 1 heterocycles. The van der Waals surface area contributed by atoms with Crippen molar-refractivity contribution in [1.82, 2.24) is 14.1 Å². The number of halogens is 3. The van der Waals surface area contributed by atoms with Gasteiger partial charge in [0.15, 0.2) is 5.82 Å². The van der Waals surface area contributed by atoms with Gasteiger partial charge < -0.3 is 9.87 Å². The molecule has 1 aromatic heterocycles. The summed E-state index contributed by atoms with van der Waals surface area (Å²) in [5, 5.41) is 2.80. The monoisotopic (exact) mass is 547 g/mol. The van der Waals surface area contributed by atoms with Gasteiger partial charge in [0.2, 0.25) is 0 Å². The predicted octanol–water partition coefficient (Wildman–Crippen LogP) is 5.48. The second-order valence-electron chi connectivity index (χ2n) is 7.73. The molecule has 2 unspecified atom stereocenters. The highest BCUT2D eigenvalue weighted by atomic mass is 35.5. The number of carbonyl (C=O) groups is 1. The quantitative estimate of drug-likeness (QED) is 0.294. The highest BCUT2D eigenvalue weighted by molar-refractivity contribution is 7.81. The molecular weight excluding hydrogens is 530 g/mol. The van der Waals surface area contributed by atoms with E-state index in [0.29, 0.717) is 18.2 Å². The maximum absolute atomic E-state index is 14.2. The zero-order chi connectivity index (χ0) is 25.8. The number of aromatic nitrogens is 2. The van der Waals surface area contributed by atoms with Gasteiger partial charge in [0.1, 0.15) is 17.3 Å². The van der Waals surface area contributed by atoms with Gasteiger partial charge in [-0.1, -0.05) is 48.0 Å². The number of nitrogens with one attached hydrogen (secondary N) is 1. The van der Waals surface area contributed by atoms with Crippen LogP contribution < -0.4 is 9.62 Å². The Kier molecular flexibility index (Phi) is 8.04. The van der Waals surface area contributed by atoms with E-state index in [1.165, 1.54) is 31.2 Å². The molecule has 0 bridgehead atoms. The maximum atomic E-state index is 14.2. The molecule has 0 fully saturated rings. The third kappa shape index (κ3) is 5.76. The van der Waals surface area contributed by atoms with Gasteiger partial charge in [-0.15, -0.1) is 0 Å². The molecule has 186 valence electrons. The first-order valence-corrected chi connectivity index (χ1v) is 12.7. The van der Waals surface area contributed by atoms with Gasteiger partial charge in [-0.3, -0.25) is 13.3 Å². The van der Waals surface area contributed by atoms with E-state index in [1.807, 2.05) is 30.3 Å². The van der Waals surface area contributed by atoms with Crippen molar-refractivity contribution in [3.8, 4) is 0 Å². The Morgan fingerprint density at radius 3 is 2.58 bits per heavy atom. The van der Waals surface area contributed by atoms with Crippen molar-refractivity contribution in [1.29, 1.82) is 0 Å². The van der Waals surface area contributed by atoms with Crippen LogP contribution in [0.1, 0.15) is 40.1 Å². The van der Waals surface area contributed by atoms with Crippen LogP contribution in [0.25, 0.3) is 0 Å². The van der Waals surface area contributed by atoms with Gasteiger partial charge in [0.25, 0.3) is 5.91 Å². The molecule has 0 saturated heterocycles. The van der Waals surface area contributed by atoms with E-state index in [0.717, 1.165) is 27.7 Å². The third-order valence-electron chi connectivity index (χ3n) is 5.29. The number of anilines is 2. The minimum Gasteiger partial charge on any atom is -0.755 e. The van der Waals surface area contributed by atoms with E-state index >= 15 is 0 Å². The van der Waals surface area contributed by atoms with Crippen molar-refractivity contribution < 1.29 is 22.3 Å². The van der Waals surface area contributed by atoms with Crippen molar-refractivity contribution in [2.45, 2.75) is 19.4 Å². The summed E-state index contributed by atoms with van der Waals surface area (Å²) in [6.45, 7) is 1.52. The zero-order valence-corrected chi connectivity index (χ0v) is 21.0. The molecule has 0 aliphatic heterocycles. The van der Waals surface area contributed by atoms with Crippen LogP contribution in [-0.2, 0) is 17.7 Å². The maximum Gasteiger partial charge on any atom is 0.253 e. The van der Waals surface area contributed by atoms with E-state index in [-0.39, 0.29) is 27.7 Å². The van der Waals surface area contributed by atoms with Gasteiger partial charge in [0.05, 0.1) is 40.3 Å². The summed E-state index contributed by atoms with van der Waals surface area (Å²) in [6.07, 6.45) is 0.316. The molecule has 12 heteroatoms. The lowest BCUT2D eigenvalue weighted by atomic mass is 10.1. The van der Waals surface area contributed by atoms with E-state index in [1.54, 1.807) is 0 Å². The first-order valence-electron chi connectivity index (χ1n) is 10.5. The third-order valence-corrected chi connectivity index (χ3v) is 6.75. The SMILES string of the molecule is CC(NC(=O)c1cc(Cl)ccc1N(c1nsnc1Cc1ccccc1)S(=O)[O-])c1ccc(F)cc1F. The van der Waals surface area contributed by atoms with Crippen LogP contribution in [0, 0.1) is 11.6 Å². The normalized spacial score (nSPS) is 12.7. The Labute approximate surface area is 217 Å². The highest BCUT2D eigenvalue weighted by Crippen LogP contribution is 2.34. The molecule has 1 N–H and O–H groups in total. The number of benzene rings is 3. The number of hydrogen-bond acceptors (Lipinski definition) is 6. The Morgan fingerprint density at radius 1 is 1.14 bits per heavy atom. The van der Waals surface area contributed by atoms with Crippen LogP contribution in [0.15, 0.2) is 66.7 Å². The van der Waals surface area contributed by atoms with Gasteiger partial charge in [-0.2, -0.15) is 8.75 Å².